The van der Waals surface area contributed by atoms with Crippen molar-refractivity contribution in [2.45, 2.75) is 51.2 Å². The van der Waals surface area contributed by atoms with Crippen LogP contribution >= 0.6 is 11.3 Å². The van der Waals surface area contributed by atoms with Crippen LogP contribution in [-0.4, -0.2) is 40.7 Å². The van der Waals surface area contributed by atoms with Crippen LogP contribution < -0.4 is 10.2 Å². The van der Waals surface area contributed by atoms with Crippen LogP contribution in [0.25, 0.3) is 10.2 Å². The minimum atomic E-state index is -0.797. The largest absolute Gasteiger partial charge is 0.465 e. The first-order valence-corrected chi connectivity index (χ1v) is 11.6. The Morgan fingerprint density at radius 1 is 1.32 bits per heavy atom. The molecule has 0 radical (unpaired) electrons. The fraction of sp³-hybridized carbons (Fsp3) is 0.435. The van der Waals surface area contributed by atoms with Crippen LogP contribution in [0.4, 0.5) is 10.3 Å². The van der Waals surface area contributed by atoms with E-state index in [0.717, 1.165) is 22.2 Å². The molecule has 2 unspecified atom stereocenters. The van der Waals surface area contributed by atoms with E-state index >= 15 is 0 Å². The number of thiophene rings is 1. The van der Waals surface area contributed by atoms with Crippen LogP contribution in [0.3, 0.4) is 0 Å². The van der Waals surface area contributed by atoms with E-state index in [2.05, 4.69) is 22.1 Å². The molecule has 31 heavy (non-hydrogen) atoms. The number of ether oxygens (including phenoxy) is 1. The number of aromatic nitrogens is 2. The number of piperidine rings is 1. The summed E-state index contributed by atoms with van der Waals surface area (Å²) in [6.07, 6.45) is 3.89. The average Bonchev–Trinajstić information content (AvgIpc) is 3.26. The smallest absolute Gasteiger partial charge is 0.326 e. The molecule has 0 aliphatic carbocycles. The van der Waals surface area contributed by atoms with Crippen LogP contribution in [0.1, 0.15) is 38.7 Å². The molecule has 0 bridgehead atoms. The summed E-state index contributed by atoms with van der Waals surface area (Å²) < 4.78 is 18.7. The maximum absolute atomic E-state index is 13.3. The van der Waals surface area contributed by atoms with Crippen molar-refractivity contribution in [3.05, 3.63) is 53.3 Å². The molecule has 6 nitrogen and oxygen atoms in total. The highest BCUT2D eigenvalue weighted by Crippen LogP contribution is 2.33. The fourth-order valence-electron chi connectivity index (χ4n) is 4.18. The van der Waals surface area contributed by atoms with Crippen molar-refractivity contribution in [3.63, 3.8) is 0 Å². The number of nitrogens with one attached hydrogen (secondary N) is 1. The summed E-state index contributed by atoms with van der Waals surface area (Å²) in [4.78, 5) is 25.6. The molecule has 1 saturated heterocycles. The molecule has 3 heterocycles. The predicted molar refractivity (Wildman–Crippen MR) is 121 cm³/mol. The van der Waals surface area contributed by atoms with Gasteiger partial charge in [0.15, 0.2) is 0 Å². The highest BCUT2D eigenvalue weighted by atomic mass is 32.1. The van der Waals surface area contributed by atoms with Gasteiger partial charge in [-0.3, -0.25) is 10.1 Å². The standard InChI is InChI=1S/C23H27FN4O2S/c1-3-19-13-23(21(29)30-4-2,26-14-16-5-7-18(24)8-6-16)10-11-28(19)22-25-15-17-9-12-31-20(17)27-22/h5-9,12,15,19,26H,3-4,10-11,13-14H2,1-2H3. The Morgan fingerprint density at radius 3 is 2.87 bits per heavy atom. The normalized spacial score (nSPS) is 21.4. The lowest BCUT2D eigenvalue weighted by Gasteiger charge is -2.45. The van der Waals surface area contributed by atoms with Crippen LogP contribution in [0, 0.1) is 5.82 Å². The van der Waals surface area contributed by atoms with Gasteiger partial charge in [-0.1, -0.05) is 19.1 Å². The lowest BCUT2D eigenvalue weighted by Crippen LogP contribution is -2.62. The second-order valence-electron chi connectivity index (χ2n) is 7.84. The molecule has 1 aliphatic rings. The monoisotopic (exact) mass is 442 g/mol. The number of benzene rings is 1. The minimum absolute atomic E-state index is 0.0938. The molecule has 1 aromatic carbocycles. The summed E-state index contributed by atoms with van der Waals surface area (Å²) in [5.41, 5.74) is 0.126. The highest BCUT2D eigenvalue weighted by Gasteiger charge is 2.46. The van der Waals surface area contributed by atoms with E-state index in [9.17, 15) is 9.18 Å². The number of nitrogens with zero attached hydrogens (tertiary/aromatic N) is 3. The molecule has 0 spiro atoms. The lowest BCUT2D eigenvalue weighted by atomic mass is 9.82. The molecule has 8 heteroatoms. The van der Waals surface area contributed by atoms with Gasteiger partial charge in [-0.05, 0) is 55.3 Å². The molecular weight excluding hydrogens is 415 g/mol. The summed E-state index contributed by atoms with van der Waals surface area (Å²) in [7, 11) is 0. The third-order valence-electron chi connectivity index (χ3n) is 5.94. The maximum atomic E-state index is 13.3. The molecule has 1 N–H and O–H groups in total. The third kappa shape index (κ3) is 4.55. The number of hydrogen-bond acceptors (Lipinski definition) is 7. The van der Waals surface area contributed by atoms with E-state index in [1.165, 1.54) is 12.1 Å². The number of fused-ring (bicyclic) bond motifs is 1. The van der Waals surface area contributed by atoms with Gasteiger partial charge in [-0.25, -0.2) is 14.4 Å². The molecule has 4 rings (SSSR count). The van der Waals surface area contributed by atoms with Gasteiger partial charge in [0.05, 0.1) is 6.61 Å². The Bertz CT molecular complexity index is 1040. The molecule has 1 fully saturated rings. The number of carbonyl (C=O) groups excluding carboxylic acids is 1. The zero-order valence-corrected chi connectivity index (χ0v) is 18.6. The van der Waals surface area contributed by atoms with E-state index in [4.69, 9.17) is 9.72 Å². The van der Waals surface area contributed by atoms with Crippen molar-refractivity contribution in [1.29, 1.82) is 0 Å². The molecule has 3 aromatic rings. The first kappa shape index (κ1) is 21.6. The first-order valence-electron chi connectivity index (χ1n) is 10.7. The highest BCUT2D eigenvalue weighted by molar-refractivity contribution is 7.16. The lowest BCUT2D eigenvalue weighted by molar-refractivity contribution is -0.153. The number of carbonyl (C=O) groups is 1. The van der Waals surface area contributed by atoms with Gasteiger partial charge < -0.3 is 9.64 Å². The van der Waals surface area contributed by atoms with Gasteiger partial charge in [-0.15, -0.1) is 11.3 Å². The molecule has 0 saturated carbocycles. The topological polar surface area (TPSA) is 67.3 Å². The average molecular weight is 443 g/mol. The van der Waals surface area contributed by atoms with Gasteiger partial charge >= 0.3 is 5.97 Å². The summed E-state index contributed by atoms with van der Waals surface area (Å²) in [5.74, 6) is 0.202. The number of esters is 1. The predicted octanol–water partition coefficient (Wildman–Crippen LogP) is 4.30. The van der Waals surface area contributed by atoms with Gasteiger partial charge in [-0.2, -0.15) is 0 Å². The van der Waals surface area contributed by atoms with E-state index in [1.807, 2.05) is 24.6 Å². The Kier molecular flexibility index (Phi) is 6.48. The Balaban J connectivity index is 1.56. The van der Waals surface area contributed by atoms with Crippen molar-refractivity contribution in [2.75, 3.05) is 18.1 Å². The summed E-state index contributed by atoms with van der Waals surface area (Å²) >= 11 is 1.60. The second-order valence-corrected chi connectivity index (χ2v) is 8.74. The van der Waals surface area contributed by atoms with Crippen molar-refractivity contribution in [1.82, 2.24) is 15.3 Å². The Hall–Kier alpha value is -2.58. The zero-order valence-electron chi connectivity index (χ0n) is 17.8. The summed E-state index contributed by atoms with van der Waals surface area (Å²) in [5, 5.41) is 6.51. The van der Waals surface area contributed by atoms with Gasteiger partial charge in [0, 0.05) is 30.7 Å². The van der Waals surface area contributed by atoms with Crippen LogP contribution in [0.5, 0.6) is 0 Å². The minimum Gasteiger partial charge on any atom is -0.465 e. The Morgan fingerprint density at radius 2 is 2.13 bits per heavy atom. The molecule has 2 atom stereocenters. The summed E-state index contributed by atoms with van der Waals surface area (Å²) in [6.45, 7) is 5.37. The van der Waals surface area contributed by atoms with E-state index in [1.54, 1.807) is 23.5 Å². The molecule has 1 aliphatic heterocycles. The van der Waals surface area contributed by atoms with Crippen LogP contribution in [-0.2, 0) is 16.1 Å². The SMILES string of the molecule is CCOC(=O)C1(NCc2ccc(F)cc2)CCN(c2ncc3ccsc3n2)C(CC)C1. The van der Waals surface area contributed by atoms with Crippen molar-refractivity contribution in [3.8, 4) is 0 Å². The number of anilines is 1. The first-order chi connectivity index (χ1) is 15.0. The van der Waals surface area contributed by atoms with E-state index in [-0.39, 0.29) is 17.8 Å². The fourth-order valence-corrected chi connectivity index (χ4v) is 4.92. The Labute approximate surface area is 185 Å². The second kappa shape index (κ2) is 9.28. The molecular formula is C23H27FN4O2S. The van der Waals surface area contributed by atoms with Gasteiger partial charge in [0.25, 0.3) is 0 Å². The van der Waals surface area contributed by atoms with Crippen molar-refractivity contribution >= 4 is 33.5 Å². The van der Waals surface area contributed by atoms with Crippen molar-refractivity contribution in [2.24, 2.45) is 0 Å². The quantitative estimate of drug-likeness (QED) is 0.551. The number of halogens is 1. The van der Waals surface area contributed by atoms with E-state index < -0.39 is 5.54 Å². The molecule has 164 valence electrons. The third-order valence-corrected chi connectivity index (χ3v) is 6.76. The summed E-state index contributed by atoms with van der Waals surface area (Å²) in [6, 6.07) is 8.45. The van der Waals surface area contributed by atoms with Crippen molar-refractivity contribution < 1.29 is 13.9 Å². The van der Waals surface area contributed by atoms with Crippen LogP contribution in [0.15, 0.2) is 41.9 Å². The zero-order chi connectivity index (χ0) is 21.8. The number of rotatable bonds is 7. The van der Waals surface area contributed by atoms with Gasteiger partial charge in [0.1, 0.15) is 16.2 Å². The maximum Gasteiger partial charge on any atom is 0.326 e. The van der Waals surface area contributed by atoms with Crippen LogP contribution in [0.2, 0.25) is 0 Å². The molecule has 0 amide bonds. The number of hydrogen-bond donors (Lipinski definition) is 1. The molecule has 2 aromatic heterocycles. The van der Waals surface area contributed by atoms with Gasteiger partial charge in [0.2, 0.25) is 5.95 Å². The van der Waals surface area contributed by atoms with E-state index in [0.29, 0.717) is 38.5 Å².